The number of hydrogen-bond acceptors (Lipinski definition) is 10. The SMILES string of the molecule is CCO[Si](CCCNC(=O)Nc1ccc2c(c1)OCCOCCOCCOCCOCCO2)(OCC)OCC. The maximum absolute atomic E-state index is 12.5. The van der Waals surface area contributed by atoms with Crippen molar-refractivity contribution >= 4 is 20.5 Å². The number of amides is 2. The maximum Gasteiger partial charge on any atom is 0.500 e. The first-order valence-electron chi connectivity index (χ1n) is 13.8. The van der Waals surface area contributed by atoms with Crippen LogP contribution in [0.3, 0.4) is 0 Å². The summed E-state index contributed by atoms with van der Waals surface area (Å²) in [4.78, 5) is 12.5. The number of urea groups is 1. The molecule has 0 radical (unpaired) electrons. The van der Waals surface area contributed by atoms with E-state index in [4.69, 9.17) is 41.7 Å². The van der Waals surface area contributed by atoms with Crippen molar-refractivity contribution in [3.8, 4) is 11.5 Å². The van der Waals surface area contributed by atoms with Crippen LogP contribution in [0.1, 0.15) is 27.2 Å². The predicted octanol–water partition coefficient (Wildman–Crippen LogP) is 3.08. The van der Waals surface area contributed by atoms with E-state index in [2.05, 4.69) is 10.6 Å². The van der Waals surface area contributed by atoms with Crippen molar-refractivity contribution in [2.45, 2.75) is 33.2 Å². The number of anilines is 1. The molecule has 0 saturated carbocycles. The Morgan fingerprint density at radius 1 is 0.744 bits per heavy atom. The summed E-state index contributed by atoms with van der Waals surface area (Å²) in [6, 6.07) is 5.53. The maximum atomic E-state index is 12.5. The highest BCUT2D eigenvalue weighted by atomic mass is 28.4. The molecule has 0 fully saturated rings. The van der Waals surface area contributed by atoms with Crippen LogP contribution in [0.15, 0.2) is 18.2 Å². The van der Waals surface area contributed by atoms with E-state index in [1.54, 1.807) is 18.2 Å². The summed E-state index contributed by atoms with van der Waals surface area (Å²) in [5.74, 6) is 1.05. The van der Waals surface area contributed by atoms with Crippen LogP contribution in [-0.4, -0.2) is 107 Å². The fourth-order valence-electron chi connectivity index (χ4n) is 3.68. The molecule has 1 aliphatic rings. The van der Waals surface area contributed by atoms with Gasteiger partial charge in [0.25, 0.3) is 0 Å². The number of carbonyl (C=O) groups excluding carboxylic acids is 1. The second-order valence-electron chi connectivity index (χ2n) is 8.27. The summed E-state index contributed by atoms with van der Waals surface area (Å²) < 4.78 is 51.3. The fraction of sp³-hybridized carbons (Fsp3) is 0.731. The molecule has 224 valence electrons. The molecule has 0 aromatic heterocycles. The quantitative estimate of drug-likeness (QED) is 0.301. The molecule has 0 bridgehead atoms. The minimum Gasteiger partial charge on any atom is -0.487 e. The highest BCUT2D eigenvalue weighted by Gasteiger charge is 2.39. The van der Waals surface area contributed by atoms with Crippen molar-refractivity contribution in [1.29, 1.82) is 0 Å². The van der Waals surface area contributed by atoms with E-state index >= 15 is 0 Å². The van der Waals surface area contributed by atoms with Gasteiger partial charge in [0.1, 0.15) is 13.2 Å². The molecule has 0 atom stereocenters. The molecule has 2 rings (SSSR count). The molecule has 0 saturated heterocycles. The summed E-state index contributed by atoms with van der Waals surface area (Å²) in [7, 11) is -2.73. The molecule has 1 aliphatic heterocycles. The van der Waals surface area contributed by atoms with Crippen LogP contribution in [0, 0.1) is 0 Å². The van der Waals surface area contributed by atoms with Crippen LogP contribution in [-0.2, 0) is 32.2 Å². The predicted molar refractivity (Wildman–Crippen MR) is 148 cm³/mol. The smallest absolute Gasteiger partial charge is 0.487 e. The lowest BCUT2D eigenvalue weighted by molar-refractivity contribution is -0.00841. The molecule has 2 amide bonds. The number of hydrogen-bond donors (Lipinski definition) is 2. The molecule has 12 nitrogen and oxygen atoms in total. The molecule has 0 unspecified atom stereocenters. The molecular weight excluding hydrogens is 528 g/mol. The van der Waals surface area contributed by atoms with Gasteiger partial charge in [-0.2, -0.15) is 0 Å². The zero-order chi connectivity index (χ0) is 28.0. The lowest BCUT2D eigenvalue weighted by Crippen LogP contribution is -2.46. The molecular formula is C26H46N2O10Si. The first-order chi connectivity index (χ1) is 19.1. The highest BCUT2D eigenvalue weighted by Crippen LogP contribution is 2.30. The van der Waals surface area contributed by atoms with E-state index in [0.717, 1.165) is 0 Å². The monoisotopic (exact) mass is 574 g/mol. The zero-order valence-corrected chi connectivity index (χ0v) is 24.6. The second kappa shape index (κ2) is 20.9. The van der Waals surface area contributed by atoms with E-state index in [0.29, 0.717) is 122 Å². The van der Waals surface area contributed by atoms with Gasteiger partial charge in [-0.15, -0.1) is 0 Å². The summed E-state index contributed by atoms with van der Waals surface area (Å²) >= 11 is 0. The van der Waals surface area contributed by atoms with Crippen molar-refractivity contribution < 1.29 is 46.5 Å². The van der Waals surface area contributed by atoms with Crippen LogP contribution in [0.2, 0.25) is 6.04 Å². The number of carbonyl (C=O) groups is 1. The second-order valence-corrected chi connectivity index (χ2v) is 11.0. The van der Waals surface area contributed by atoms with E-state index in [1.165, 1.54) is 0 Å². The first kappa shape index (κ1) is 33.2. The van der Waals surface area contributed by atoms with Crippen LogP contribution in [0.5, 0.6) is 11.5 Å². The number of nitrogens with one attached hydrogen (secondary N) is 2. The van der Waals surface area contributed by atoms with Crippen LogP contribution >= 0.6 is 0 Å². The van der Waals surface area contributed by atoms with Gasteiger partial charge in [-0.3, -0.25) is 0 Å². The number of rotatable bonds is 11. The lowest BCUT2D eigenvalue weighted by Gasteiger charge is -2.28. The average molecular weight is 575 g/mol. The van der Waals surface area contributed by atoms with E-state index in [9.17, 15) is 4.79 Å². The normalized spacial score (nSPS) is 16.6. The van der Waals surface area contributed by atoms with Crippen molar-refractivity contribution in [1.82, 2.24) is 5.32 Å². The third-order valence-electron chi connectivity index (χ3n) is 5.33. The minimum atomic E-state index is -2.73. The van der Waals surface area contributed by atoms with Gasteiger partial charge in [-0.05, 0) is 39.3 Å². The highest BCUT2D eigenvalue weighted by molar-refractivity contribution is 6.60. The van der Waals surface area contributed by atoms with Gasteiger partial charge in [0.2, 0.25) is 0 Å². The molecule has 0 spiro atoms. The molecule has 0 aliphatic carbocycles. The van der Waals surface area contributed by atoms with Gasteiger partial charge in [0, 0.05) is 44.2 Å². The van der Waals surface area contributed by atoms with Crippen molar-refractivity contribution in [3.63, 3.8) is 0 Å². The van der Waals surface area contributed by atoms with Gasteiger partial charge < -0.3 is 52.3 Å². The van der Waals surface area contributed by atoms with Gasteiger partial charge in [-0.25, -0.2) is 4.79 Å². The van der Waals surface area contributed by atoms with Gasteiger partial charge >= 0.3 is 14.8 Å². The Labute approximate surface area is 233 Å². The van der Waals surface area contributed by atoms with Gasteiger partial charge in [0.05, 0.1) is 52.9 Å². The average Bonchev–Trinajstić information content (AvgIpc) is 2.92. The Hall–Kier alpha value is -1.97. The third-order valence-corrected chi connectivity index (χ3v) is 8.48. The number of fused-ring (bicyclic) bond motifs is 1. The third kappa shape index (κ3) is 14.3. The Kier molecular flexibility index (Phi) is 17.8. The van der Waals surface area contributed by atoms with Crippen molar-refractivity contribution in [3.05, 3.63) is 18.2 Å². The van der Waals surface area contributed by atoms with Crippen molar-refractivity contribution in [2.24, 2.45) is 0 Å². The Morgan fingerprint density at radius 2 is 1.23 bits per heavy atom. The lowest BCUT2D eigenvalue weighted by atomic mass is 10.2. The fourth-order valence-corrected chi connectivity index (χ4v) is 6.30. The molecule has 39 heavy (non-hydrogen) atoms. The zero-order valence-electron chi connectivity index (χ0n) is 23.6. The van der Waals surface area contributed by atoms with Crippen LogP contribution in [0.25, 0.3) is 0 Å². The first-order valence-corrected chi connectivity index (χ1v) is 15.7. The van der Waals surface area contributed by atoms with Crippen LogP contribution in [0.4, 0.5) is 10.5 Å². The van der Waals surface area contributed by atoms with Crippen LogP contribution < -0.4 is 20.1 Å². The van der Waals surface area contributed by atoms with E-state index in [-0.39, 0.29) is 6.03 Å². The topological polar surface area (TPSA) is 124 Å². The molecule has 2 N–H and O–H groups in total. The summed E-state index contributed by atoms with van der Waals surface area (Å²) in [5.41, 5.74) is 0.571. The van der Waals surface area contributed by atoms with Gasteiger partial charge in [0.15, 0.2) is 11.5 Å². The van der Waals surface area contributed by atoms with Gasteiger partial charge in [-0.1, -0.05) is 0 Å². The number of benzene rings is 1. The molecule has 1 aromatic carbocycles. The number of ether oxygens (including phenoxy) is 6. The van der Waals surface area contributed by atoms with E-state index in [1.807, 2.05) is 20.8 Å². The molecule has 1 aromatic rings. The standard InChI is InChI=1S/C26H46N2O10Si/c1-4-36-39(37-5-2,38-6-3)21-7-10-27-26(29)28-23-8-9-24-25(22-23)35-20-18-33-16-14-31-12-11-30-13-15-32-17-19-34-24/h8-9,22H,4-7,10-21H2,1-3H3,(H2,27,28,29). The minimum absolute atomic E-state index is 0.316. The summed E-state index contributed by atoms with van der Waals surface area (Å²) in [6.07, 6.45) is 0.667. The Bertz CT molecular complexity index is 772. The molecule has 1 heterocycles. The molecule has 13 heteroatoms. The Morgan fingerprint density at radius 3 is 1.74 bits per heavy atom. The van der Waals surface area contributed by atoms with Crippen molar-refractivity contribution in [2.75, 3.05) is 97.8 Å². The Balaban J connectivity index is 1.88. The van der Waals surface area contributed by atoms with E-state index < -0.39 is 8.80 Å². The largest absolute Gasteiger partial charge is 0.500 e. The summed E-state index contributed by atoms with van der Waals surface area (Å²) in [5, 5.41) is 5.72. The summed E-state index contributed by atoms with van der Waals surface area (Å²) in [6.45, 7) is 12.2.